The van der Waals surface area contributed by atoms with Crippen molar-refractivity contribution in [1.29, 1.82) is 0 Å². The standard InChI is InChI=1S/C25H32N4O4/c1-17(2)14-23(30)28-20-9-11-21(12-10-20)29-24(31)16-26-19-7-5-18(6-8-19)25(32)27-15-22-4-3-13-33-22/h5-12,17,22,26H,3-4,13-16H2,1-2H3,(H,27,32)(H,28,30)(H,29,31). The highest BCUT2D eigenvalue weighted by atomic mass is 16.5. The first kappa shape index (κ1) is 24.3. The second kappa shape index (κ2) is 12.0. The first-order valence-electron chi connectivity index (χ1n) is 11.3. The van der Waals surface area contributed by atoms with Gasteiger partial charge < -0.3 is 26.0 Å². The van der Waals surface area contributed by atoms with Gasteiger partial charge >= 0.3 is 0 Å². The number of carbonyl (C=O) groups is 3. The molecule has 2 aromatic rings. The molecule has 1 atom stereocenters. The average Bonchev–Trinajstić information content (AvgIpc) is 3.31. The third-order valence-electron chi connectivity index (χ3n) is 5.16. The summed E-state index contributed by atoms with van der Waals surface area (Å²) in [5, 5.41) is 11.6. The van der Waals surface area contributed by atoms with Gasteiger partial charge in [0.1, 0.15) is 0 Å². The summed E-state index contributed by atoms with van der Waals surface area (Å²) in [7, 11) is 0. The number of hydrogen-bond donors (Lipinski definition) is 4. The summed E-state index contributed by atoms with van der Waals surface area (Å²) in [6.45, 7) is 5.34. The molecule has 8 nitrogen and oxygen atoms in total. The first-order chi connectivity index (χ1) is 15.9. The SMILES string of the molecule is CC(C)CC(=O)Nc1ccc(NC(=O)CNc2ccc(C(=O)NCC3CCCO3)cc2)cc1. The Labute approximate surface area is 194 Å². The molecule has 176 valence electrons. The second-order valence-corrected chi connectivity index (χ2v) is 8.55. The molecule has 1 aliphatic heterocycles. The van der Waals surface area contributed by atoms with Crippen LogP contribution in [-0.4, -0.2) is 43.5 Å². The van der Waals surface area contributed by atoms with Crippen molar-refractivity contribution in [2.45, 2.75) is 39.2 Å². The van der Waals surface area contributed by atoms with Crippen molar-refractivity contribution in [2.75, 3.05) is 35.6 Å². The van der Waals surface area contributed by atoms with E-state index < -0.39 is 0 Å². The number of hydrogen-bond acceptors (Lipinski definition) is 5. The number of nitrogens with one attached hydrogen (secondary N) is 4. The number of amides is 3. The molecule has 0 radical (unpaired) electrons. The third kappa shape index (κ3) is 8.23. The molecule has 4 N–H and O–H groups in total. The Morgan fingerprint density at radius 3 is 2.09 bits per heavy atom. The van der Waals surface area contributed by atoms with E-state index in [1.54, 1.807) is 48.5 Å². The maximum absolute atomic E-state index is 12.2. The maximum atomic E-state index is 12.2. The summed E-state index contributed by atoms with van der Waals surface area (Å²) >= 11 is 0. The Morgan fingerprint density at radius 1 is 0.909 bits per heavy atom. The molecule has 33 heavy (non-hydrogen) atoms. The van der Waals surface area contributed by atoms with Gasteiger partial charge in [0, 0.05) is 42.2 Å². The van der Waals surface area contributed by atoms with E-state index in [2.05, 4.69) is 21.3 Å². The van der Waals surface area contributed by atoms with E-state index in [0.29, 0.717) is 35.8 Å². The number of anilines is 3. The predicted octanol–water partition coefficient (Wildman–Crippen LogP) is 3.63. The van der Waals surface area contributed by atoms with Crippen molar-refractivity contribution in [2.24, 2.45) is 5.92 Å². The fraction of sp³-hybridized carbons (Fsp3) is 0.400. The van der Waals surface area contributed by atoms with Crippen LogP contribution in [0.1, 0.15) is 43.5 Å². The van der Waals surface area contributed by atoms with Crippen molar-refractivity contribution >= 4 is 34.8 Å². The Morgan fingerprint density at radius 2 is 1.52 bits per heavy atom. The summed E-state index contributed by atoms with van der Waals surface area (Å²) in [4.78, 5) is 36.3. The van der Waals surface area contributed by atoms with Gasteiger partial charge in [0.15, 0.2) is 0 Å². The smallest absolute Gasteiger partial charge is 0.251 e. The molecule has 0 aromatic heterocycles. The molecule has 3 amide bonds. The van der Waals surface area contributed by atoms with E-state index in [-0.39, 0.29) is 30.4 Å². The summed E-state index contributed by atoms with van der Waals surface area (Å²) in [5.41, 5.74) is 2.63. The van der Waals surface area contributed by atoms with E-state index >= 15 is 0 Å². The maximum Gasteiger partial charge on any atom is 0.251 e. The van der Waals surface area contributed by atoms with Crippen molar-refractivity contribution in [3.05, 3.63) is 54.1 Å². The molecule has 1 unspecified atom stereocenters. The van der Waals surface area contributed by atoms with Gasteiger partial charge in [-0.05, 0) is 67.3 Å². The molecule has 1 aliphatic rings. The highest BCUT2D eigenvalue weighted by Crippen LogP contribution is 2.15. The fourth-order valence-corrected chi connectivity index (χ4v) is 3.46. The lowest BCUT2D eigenvalue weighted by molar-refractivity contribution is -0.117. The van der Waals surface area contributed by atoms with Crippen LogP contribution >= 0.6 is 0 Å². The van der Waals surface area contributed by atoms with Crippen molar-refractivity contribution < 1.29 is 19.1 Å². The largest absolute Gasteiger partial charge is 0.376 e. The van der Waals surface area contributed by atoms with Crippen molar-refractivity contribution in [3.63, 3.8) is 0 Å². The van der Waals surface area contributed by atoms with Crippen LogP contribution in [-0.2, 0) is 14.3 Å². The van der Waals surface area contributed by atoms with Gasteiger partial charge in [-0.1, -0.05) is 13.8 Å². The predicted molar refractivity (Wildman–Crippen MR) is 129 cm³/mol. The zero-order chi connectivity index (χ0) is 23.6. The first-order valence-corrected chi connectivity index (χ1v) is 11.3. The molecular weight excluding hydrogens is 420 g/mol. The van der Waals surface area contributed by atoms with E-state index in [1.165, 1.54) is 0 Å². The van der Waals surface area contributed by atoms with Crippen molar-refractivity contribution in [1.82, 2.24) is 5.32 Å². The van der Waals surface area contributed by atoms with Gasteiger partial charge in [-0.3, -0.25) is 14.4 Å². The number of rotatable bonds is 10. The van der Waals surface area contributed by atoms with E-state index in [9.17, 15) is 14.4 Å². The summed E-state index contributed by atoms with van der Waals surface area (Å²) in [5.74, 6) is -0.0815. The minimum absolute atomic E-state index is 0.0303. The Kier molecular flexibility index (Phi) is 8.83. The fourth-order valence-electron chi connectivity index (χ4n) is 3.46. The van der Waals surface area contributed by atoms with E-state index in [1.807, 2.05) is 13.8 Å². The molecule has 3 rings (SSSR count). The van der Waals surface area contributed by atoms with Gasteiger partial charge in [0.2, 0.25) is 11.8 Å². The van der Waals surface area contributed by atoms with Crippen LogP contribution in [0.5, 0.6) is 0 Å². The van der Waals surface area contributed by atoms with Gasteiger partial charge in [-0.25, -0.2) is 0 Å². The Bertz CT molecular complexity index is 936. The molecule has 0 spiro atoms. The minimum atomic E-state index is -0.204. The van der Waals surface area contributed by atoms with E-state index in [4.69, 9.17) is 4.74 Å². The average molecular weight is 453 g/mol. The van der Waals surface area contributed by atoms with Gasteiger partial charge in [0.05, 0.1) is 12.6 Å². The highest BCUT2D eigenvalue weighted by Gasteiger charge is 2.16. The van der Waals surface area contributed by atoms with Gasteiger partial charge in [-0.2, -0.15) is 0 Å². The quantitative estimate of drug-likeness (QED) is 0.440. The van der Waals surface area contributed by atoms with Crippen LogP contribution in [0.4, 0.5) is 17.1 Å². The Balaban J connectivity index is 1.40. The lowest BCUT2D eigenvalue weighted by atomic mass is 10.1. The third-order valence-corrected chi connectivity index (χ3v) is 5.16. The molecule has 0 aliphatic carbocycles. The minimum Gasteiger partial charge on any atom is -0.376 e. The number of carbonyl (C=O) groups excluding carboxylic acids is 3. The summed E-state index contributed by atoms with van der Waals surface area (Å²) in [6.07, 6.45) is 2.58. The van der Waals surface area contributed by atoms with Crippen LogP contribution in [0.3, 0.4) is 0 Å². The molecule has 1 fully saturated rings. The topological polar surface area (TPSA) is 109 Å². The monoisotopic (exact) mass is 452 g/mol. The second-order valence-electron chi connectivity index (χ2n) is 8.55. The van der Waals surface area contributed by atoms with Crippen molar-refractivity contribution in [3.8, 4) is 0 Å². The number of ether oxygens (including phenoxy) is 1. The number of benzene rings is 2. The molecule has 2 aromatic carbocycles. The van der Waals surface area contributed by atoms with Crippen LogP contribution in [0.2, 0.25) is 0 Å². The van der Waals surface area contributed by atoms with Crippen LogP contribution < -0.4 is 21.3 Å². The lowest BCUT2D eigenvalue weighted by Gasteiger charge is -2.12. The van der Waals surface area contributed by atoms with Gasteiger partial charge in [0.25, 0.3) is 5.91 Å². The molecule has 8 heteroatoms. The Hall–Kier alpha value is -3.39. The van der Waals surface area contributed by atoms with E-state index in [0.717, 1.165) is 25.1 Å². The molecule has 1 heterocycles. The molecule has 0 bridgehead atoms. The van der Waals surface area contributed by atoms with Crippen LogP contribution in [0.15, 0.2) is 48.5 Å². The lowest BCUT2D eigenvalue weighted by Crippen LogP contribution is -2.31. The van der Waals surface area contributed by atoms with Crippen LogP contribution in [0, 0.1) is 5.92 Å². The molecular formula is C25H32N4O4. The summed E-state index contributed by atoms with van der Waals surface area (Å²) < 4.78 is 5.51. The molecule has 0 saturated carbocycles. The zero-order valence-corrected chi connectivity index (χ0v) is 19.1. The summed E-state index contributed by atoms with van der Waals surface area (Å²) in [6, 6.07) is 14.0. The highest BCUT2D eigenvalue weighted by molar-refractivity contribution is 5.96. The molecule has 1 saturated heterocycles. The normalized spacial score (nSPS) is 15.2. The zero-order valence-electron chi connectivity index (χ0n) is 19.1. The van der Waals surface area contributed by atoms with Gasteiger partial charge in [-0.15, -0.1) is 0 Å². The van der Waals surface area contributed by atoms with Crippen LogP contribution in [0.25, 0.3) is 0 Å².